The fourth-order valence-electron chi connectivity index (χ4n) is 3.20. The molecule has 1 unspecified atom stereocenters. The summed E-state index contributed by atoms with van der Waals surface area (Å²) in [5.74, 6) is 2.21. The van der Waals surface area contributed by atoms with Crippen LogP contribution in [0.1, 0.15) is 5.82 Å². The zero-order chi connectivity index (χ0) is 18.9. The summed E-state index contributed by atoms with van der Waals surface area (Å²) in [4.78, 5) is 4.26. The first-order valence-corrected chi connectivity index (χ1v) is 9.01. The molecule has 0 bridgehead atoms. The molecule has 0 aliphatic carbocycles. The maximum Gasteiger partial charge on any atom is 0.177 e. The largest absolute Gasteiger partial charge is 0.484 e. The van der Waals surface area contributed by atoms with E-state index in [1.165, 1.54) is 0 Å². The molecule has 28 heavy (non-hydrogen) atoms. The fourth-order valence-corrected chi connectivity index (χ4v) is 3.20. The lowest BCUT2D eigenvalue weighted by Crippen LogP contribution is -2.33. The van der Waals surface area contributed by atoms with Crippen LogP contribution in [-0.2, 0) is 13.0 Å². The van der Waals surface area contributed by atoms with Crippen molar-refractivity contribution in [2.75, 3.05) is 18.5 Å². The molecule has 2 N–H and O–H groups in total. The number of rotatable bonds is 5. The van der Waals surface area contributed by atoms with Gasteiger partial charge in [0.25, 0.3) is 0 Å². The molecule has 0 amide bonds. The van der Waals surface area contributed by atoms with Crippen LogP contribution < -0.4 is 10.1 Å². The first-order chi connectivity index (χ1) is 13.8. The number of ether oxygens (including phenoxy) is 1. The molecule has 0 aromatic carbocycles. The van der Waals surface area contributed by atoms with Crippen LogP contribution in [0.4, 0.5) is 5.82 Å². The van der Waals surface area contributed by atoms with E-state index < -0.39 is 0 Å². The van der Waals surface area contributed by atoms with Crippen LogP contribution in [0, 0.1) is 0 Å². The van der Waals surface area contributed by atoms with Gasteiger partial charge in [-0.15, -0.1) is 10.2 Å². The fraction of sp³-hybridized carbons (Fsp3) is 0.278. The molecule has 0 saturated carbocycles. The molecule has 1 aliphatic heterocycles. The van der Waals surface area contributed by atoms with Gasteiger partial charge >= 0.3 is 0 Å². The van der Waals surface area contributed by atoms with E-state index in [1.807, 2.05) is 30.5 Å². The van der Waals surface area contributed by atoms with E-state index in [1.54, 1.807) is 21.6 Å². The number of nitrogens with one attached hydrogen (secondary N) is 1. The second-order valence-corrected chi connectivity index (χ2v) is 6.50. The van der Waals surface area contributed by atoms with Gasteiger partial charge in [-0.1, -0.05) is 0 Å². The van der Waals surface area contributed by atoms with Crippen molar-refractivity contribution in [1.82, 2.24) is 34.6 Å². The first-order valence-electron chi connectivity index (χ1n) is 9.01. The number of nitrogens with zero attached hydrogens (tertiary/aromatic N) is 7. The van der Waals surface area contributed by atoms with Gasteiger partial charge in [0.15, 0.2) is 23.0 Å². The lowest BCUT2D eigenvalue weighted by atomic mass is 10.2. The SMILES string of the molecule is OCCn1cc(-c2ccc3nnc(CC4CNc5ncccc5O4)n3n2)cn1. The average Bonchev–Trinajstić information content (AvgIpc) is 3.35. The highest BCUT2D eigenvalue weighted by atomic mass is 16.5. The summed E-state index contributed by atoms with van der Waals surface area (Å²) in [5, 5.41) is 29.7. The molecule has 0 saturated heterocycles. The van der Waals surface area contributed by atoms with Crippen molar-refractivity contribution < 1.29 is 9.84 Å². The van der Waals surface area contributed by atoms with Crippen molar-refractivity contribution in [2.45, 2.75) is 19.1 Å². The van der Waals surface area contributed by atoms with E-state index in [2.05, 4.69) is 30.7 Å². The van der Waals surface area contributed by atoms with Crippen LogP contribution in [0.5, 0.6) is 5.75 Å². The Labute approximate surface area is 159 Å². The summed E-state index contributed by atoms with van der Waals surface area (Å²) in [6, 6.07) is 7.50. The van der Waals surface area contributed by atoms with E-state index in [-0.39, 0.29) is 12.7 Å². The lowest BCUT2D eigenvalue weighted by molar-refractivity contribution is 0.202. The van der Waals surface area contributed by atoms with E-state index in [0.29, 0.717) is 25.2 Å². The van der Waals surface area contributed by atoms with Gasteiger partial charge in [0.1, 0.15) is 6.10 Å². The minimum absolute atomic E-state index is 0.0389. The number of anilines is 1. The van der Waals surface area contributed by atoms with Crippen molar-refractivity contribution in [3.8, 4) is 17.0 Å². The maximum atomic E-state index is 9.05. The first kappa shape index (κ1) is 16.6. The summed E-state index contributed by atoms with van der Waals surface area (Å²) in [6.07, 6.45) is 5.78. The van der Waals surface area contributed by atoms with E-state index in [0.717, 1.165) is 28.6 Å². The number of fused-ring (bicyclic) bond motifs is 2. The van der Waals surface area contributed by atoms with Crippen LogP contribution in [-0.4, -0.2) is 58.9 Å². The maximum absolute atomic E-state index is 9.05. The second kappa shape index (κ2) is 6.89. The van der Waals surface area contributed by atoms with Crippen LogP contribution >= 0.6 is 0 Å². The Morgan fingerprint density at radius 3 is 3.14 bits per heavy atom. The zero-order valence-corrected chi connectivity index (χ0v) is 14.9. The summed E-state index contributed by atoms with van der Waals surface area (Å²) < 4.78 is 9.45. The van der Waals surface area contributed by atoms with Crippen molar-refractivity contribution in [3.63, 3.8) is 0 Å². The van der Waals surface area contributed by atoms with E-state index >= 15 is 0 Å². The van der Waals surface area contributed by atoms with Crippen molar-refractivity contribution >= 4 is 11.5 Å². The smallest absolute Gasteiger partial charge is 0.177 e. The number of aromatic nitrogens is 7. The number of aliphatic hydroxyl groups is 1. The molecule has 1 aliphatic rings. The number of pyridine rings is 1. The predicted octanol–water partition coefficient (Wildman–Crippen LogP) is 0.791. The van der Waals surface area contributed by atoms with Crippen molar-refractivity contribution in [1.29, 1.82) is 0 Å². The molecule has 5 rings (SSSR count). The Bertz CT molecular complexity index is 1120. The third kappa shape index (κ3) is 3.03. The molecule has 1 atom stereocenters. The Kier molecular flexibility index (Phi) is 4.09. The van der Waals surface area contributed by atoms with E-state index in [4.69, 9.17) is 9.84 Å². The molecule has 0 radical (unpaired) electrons. The molecule has 10 heteroatoms. The molecule has 0 fully saturated rings. The topological polar surface area (TPSA) is 115 Å². The summed E-state index contributed by atoms with van der Waals surface area (Å²) in [7, 11) is 0. The molecular formula is C18H18N8O2. The monoisotopic (exact) mass is 378 g/mol. The molecule has 0 spiro atoms. The Hall–Kier alpha value is -3.53. The number of aliphatic hydroxyl groups excluding tert-OH is 1. The minimum atomic E-state index is -0.0955. The van der Waals surface area contributed by atoms with Gasteiger partial charge in [0.05, 0.1) is 31.6 Å². The third-order valence-electron chi connectivity index (χ3n) is 4.56. The van der Waals surface area contributed by atoms with Crippen LogP contribution in [0.3, 0.4) is 0 Å². The van der Waals surface area contributed by atoms with Gasteiger partial charge in [0.2, 0.25) is 0 Å². The lowest BCUT2D eigenvalue weighted by Gasteiger charge is -2.25. The summed E-state index contributed by atoms with van der Waals surface area (Å²) in [6.45, 7) is 1.12. The Morgan fingerprint density at radius 2 is 2.21 bits per heavy atom. The highest BCUT2D eigenvalue weighted by molar-refractivity contribution is 5.58. The standard InChI is InChI=1S/C18H18N8O2/c27-7-6-25-11-12(9-21-25)14-3-4-16-22-23-17(26(16)24-14)8-13-10-20-18-15(28-13)2-1-5-19-18/h1-5,9,11,13,27H,6-8,10H2,(H,19,20). The number of hydrogen-bond donors (Lipinski definition) is 2. The second-order valence-electron chi connectivity index (χ2n) is 6.50. The van der Waals surface area contributed by atoms with Crippen LogP contribution in [0.15, 0.2) is 42.9 Å². The van der Waals surface area contributed by atoms with Crippen molar-refractivity contribution in [2.24, 2.45) is 0 Å². The van der Waals surface area contributed by atoms with Crippen molar-refractivity contribution in [3.05, 3.63) is 48.7 Å². The summed E-state index contributed by atoms with van der Waals surface area (Å²) >= 11 is 0. The molecular weight excluding hydrogens is 360 g/mol. The zero-order valence-electron chi connectivity index (χ0n) is 14.9. The van der Waals surface area contributed by atoms with Crippen LogP contribution in [0.25, 0.3) is 16.9 Å². The quantitative estimate of drug-likeness (QED) is 0.524. The Morgan fingerprint density at radius 1 is 1.25 bits per heavy atom. The average molecular weight is 378 g/mol. The van der Waals surface area contributed by atoms with Gasteiger partial charge in [-0.3, -0.25) is 4.68 Å². The number of hydrogen-bond acceptors (Lipinski definition) is 8. The molecule has 4 aromatic rings. The third-order valence-corrected chi connectivity index (χ3v) is 4.56. The van der Waals surface area contributed by atoms with E-state index in [9.17, 15) is 0 Å². The van der Waals surface area contributed by atoms with Gasteiger partial charge in [-0.25, -0.2) is 4.98 Å². The molecule has 142 valence electrons. The van der Waals surface area contributed by atoms with Gasteiger partial charge in [-0.2, -0.15) is 14.7 Å². The predicted molar refractivity (Wildman–Crippen MR) is 99.9 cm³/mol. The summed E-state index contributed by atoms with van der Waals surface area (Å²) in [5.41, 5.74) is 2.30. The van der Waals surface area contributed by atoms with Gasteiger partial charge in [0, 0.05) is 24.4 Å². The highest BCUT2D eigenvalue weighted by Gasteiger charge is 2.22. The van der Waals surface area contributed by atoms with Gasteiger partial charge < -0.3 is 15.2 Å². The molecule has 4 aromatic heterocycles. The molecule has 5 heterocycles. The highest BCUT2D eigenvalue weighted by Crippen LogP contribution is 2.26. The normalized spacial score (nSPS) is 15.8. The van der Waals surface area contributed by atoms with Crippen LogP contribution in [0.2, 0.25) is 0 Å². The Balaban J connectivity index is 1.41. The molecule has 10 nitrogen and oxygen atoms in total. The van der Waals surface area contributed by atoms with Gasteiger partial charge in [-0.05, 0) is 24.3 Å². The minimum Gasteiger partial charge on any atom is -0.484 e.